The van der Waals surface area contributed by atoms with Crippen LogP contribution in [0.3, 0.4) is 0 Å². The molecule has 0 fully saturated rings. The van der Waals surface area contributed by atoms with Gasteiger partial charge in [-0.25, -0.2) is 0 Å². The third-order valence-electron chi connectivity index (χ3n) is 5.33. The van der Waals surface area contributed by atoms with Crippen LogP contribution in [0.5, 0.6) is 0 Å². The molecule has 0 amide bonds. The molecule has 0 heterocycles. The van der Waals surface area contributed by atoms with Gasteiger partial charge < -0.3 is 0 Å². The molecule has 1 aromatic rings. The first-order chi connectivity index (χ1) is 12.8. The van der Waals surface area contributed by atoms with Crippen LogP contribution in [0.2, 0.25) is 13.3 Å². The normalized spacial score (nSPS) is 12.1. The second kappa shape index (κ2) is 16.1. The monoisotopic (exact) mass is 482 g/mol. The summed E-state index contributed by atoms with van der Waals surface area (Å²) in [6.07, 6.45) is 15.2. The Hall–Kier alpha value is 0.109. The minimum absolute atomic E-state index is 1.26. The van der Waals surface area contributed by atoms with Gasteiger partial charge in [-0.2, -0.15) is 0 Å². The summed E-state index contributed by atoms with van der Waals surface area (Å²) in [5.74, 6) is 1.26. The number of benzene rings is 1. The zero-order valence-corrected chi connectivity index (χ0v) is 21.3. The van der Waals surface area contributed by atoms with Gasteiger partial charge in [-0.15, -0.1) is 0 Å². The van der Waals surface area contributed by atoms with Gasteiger partial charge in [0, 0.05) is 0 Å². The van der Waals surface area contributed by atoms with Gasteiger partial charge in [-0.05, 0) is 0 Å². The molecule has 1 aromatic carbocycles. The second-order valence-corrected chi connectivity index (χ2v) is 21.9. The zero-order chi connectivity index (χ0) is 18.9. The van der Waals surface area contributed by atoms with Crippen molar-refractivity contribution in [2.45, 2.75) is 96.8 Å². The van der Waals surface area contributed by atoms with E-state index in [1.807, 2.05) is 11.8 Å². The molecule has 0 spiro atoms. The minimum atomic E-state index is -2.01. The van der Waals surface area contributed by atoms with Gasteiger partial charge in [-0.1, -0.05) is 0 Å². The molecule has 0 aliphatic rings. The van der Waals surface area contributed by atoms with Crippen LogP contribution in [0, 0.1) is 0 Å². The van der Waals surface area contributed by atoms with Crippen LogP contribution in [-0.2, 0) is 0 Å². The molecule has 1 rings (SSSR count). The Morgan fingerprint density at radius 3 is 1.88 bits per heavy atom. The predicted molar refractivity (Wildman–Crippen MR) is 125 cm³/mol. The zero-order valence-electron chi connectivity index (χ0n) is 17.6. The third kappa shape index (κ3) is 11.1. The number of allylic oxidation sites excluding steroid dienone is 1. The number of hydrogen-bond donors (Lipinski definition) is 0. The summed E-state index contributed by atoms with van der Waals surface area (Å²) in [5, 5.41) is 0. The van der Waals surface area contributed by atoms with E-state index in [2.05, 4.69) is 61.3 Å². The van der Waals surface area contributed by atoms with Crippen molar-refractivity contribution < 1.29 is 0 Å². The van der Waals surface area contributed by atoms with Crippen LogP contribution < -0.4 is 0 Å². The molecule has 0 saturated heterocycles. The van der Waals surface area contributed by atoms with Crippen molar-refractivity contribution in [3.63, 3.8) is 0 Å². The summed E-state index contributed by atoms with van der Waals surface area (Å²) >= 11 is -0.00495. The van der Waals surface area contributed by atoms with Gasteiger partial charge in [0.2, 0.25) is 0 Å². The molecule has 0 unspecified atom stereocenters. The Morgan fingerprint density at radius 1 is 0.769 bits per heavy atom. The number of unbranched alkanes of at least 4 members (excludes halogenated alkanes) is 5. The molecular formula is C24H42SSn. The SMILES string of the molecule is CCC[CH2][Sn](/[CH]=C/CCCCSc1ccccc1)([CH2]CCC)[CH2]CCC. The average Bonchev–Trinajstić information content (AvgIpc) is 2.68. The molecule has 0 radical (unpaired) electrons. The first-order valence-corrected chi connectivity index (χ1v) is 19.8. The van der Waals surface area contributed by atoms with Crippen molar-refractivity contribution in [3.05, 3.63) is 40.5 Å². The van der Waals surface area contributed by atoms with Crippen LogP contribution in [-0.4, -0.2) is 24.1 Å². The van der Waals surface area contributed by atoms with Crippen LogP contribution in [0.15, 0.2) is 45.4 Å². The fourth-order valence-electron chi connectivity index (χ4n) is 3.62. The molecule has 0 aliphatic heterocycles. The number of hydrogen-bond acceptors (Lipinski definition) is 1. The van der Waals surface area contributed by atoms with Crippen LogP contribution in [0.1, 0.15) is 78.6 Å². The van der Waals surface area contributed by atoms with E-state index >= 15 is 0 Å². The van der Waals surface area contributed by atoms with Crippen molar-refractivity contribution in [1.82, 2.24) is 0 Å². The summed E-state index contributed by atoms with van der Waals surface area (Å²) < 4.78 is 7.66. The van der Waals surface area contributed by atoms with Crippen molar-refractivity contribution in [1.29, 1.82) is 0 Å². The first-order valence-electron chi connectivity index (χ1n) is 11.1. The molecule has 0 atom stereocenters. The summed E-state index contributed by atoms with van der Waals surface area (Å²) in [6.45, 7) is 7.10. The van der Waals surface area contributed by atoms with Crippen molar-refractivity contribution in [2.24, 2.45) is 0 Å². The summed E-state index contributed by atoms with van der Waals surface area (Å²) in [4.78, 5) is 1.41. The second-order valence-electron chi connectivity index (χ2n) is 7.73. The summed E-state index contributed by atoms with van der Waals surface area (Å²) in [6, 6.07) is 10.8. The molecule has 148 valence electrons. The Balaban J connectivity index is 2.40. The van der Waals surface area contributed by atoms with E-state index in [4.69, 9.17) is 0 Å². The van der Waals surface area contributed by atoms with Crippen LogP contribution in [0.25, 0.3) is 0 Å². The van der Waals surface area contributed by atoms with Crippen LogP contribution >= 0.6 is 11.8 Å². The molecular weight excluding hydrogens is 439 g/mol. The summed E-state index contributed by atoms with van der Waals surface area (Å²) in [7, 11) is 0. The van der Waals surface area contributed by atoms with E-state index in [0.717, 1.165) is 0 Å². The fraction of sp³-hybridized carbons (Fsp3) is 0.667. The molecule has 0 bridgehead atoms. The Kier molecular flexibility index (Phi) is 15.0. The number of thioether (sulfide) groups is 1. The Labute approximate surface area is 172 Å². The van der Waals surface area contributed by atoms with Crippen molar-refractivity contribution in [3.8, 4) is 0 Å². The van der Waals surface area contributed by atoms with Crippen molar-refractivity contribution in [2.75, 3.05) is 5.75 Å². The van der Waals surface area contributed by atoms with E-state index in [-0.39, 0.29) is 0 Å². The molecule has 0 aromatic heterocycles. The predicted octanol–water partition coefficient (Wildman–Crippen LogP) is 8.89. The maximum atomic E-state index is 2.85. The third-order valence-corrected chi connectivity index (χ3v) is 20.7. The molecule has 0 saturated carbocycles. The maximum absolute atomic E-state index is 2.85. The fourth-order valence-corrected chi connectivity index (χ4v) is 19.1. The Bertz CT molecular complexity index is 433. The summed E-state index contributed by atoms with van der Waals surface area (Å²) in [5.41, 5.74) is 0. The quantitative estimate of drug-likeness (QED) is 0.129. The molecule has 0 N–H and O–H groups in total. The molecule has 2 heteroatoms. The van der Waals surface area contributed by atoms with E-state index in [9.17, 15) is 0 Å². The first kappa shape index (κ1) is 24.1. The van der Waals surface area contributed by atoms with Gasteiger partial charge >= 0.3 is 173 Å². The van der Waals surface area contributed by atoms with E-state index < -0.39 is 18.4 Å². The molecule has 0 aliphatic carbocycles. The van der Waals surface area contributed by atoms with E-state index in [0.29, 0.717) is 0 Å². The molecule has 26 heavy (non-hydrogen) atoms. The van der Waals surface area contributed by atoms with Gasteiger partial charge in [0.25, 0.3) is 0 Å². The van der Waals surface area contributed by atoms with Crippen LogP contribution in [0.4, 0.5) is 0 Å². The Morgan fingerprint density at radius 2 is 1.35 bits per heavy atom. The number of rotatable bonds is 16. The van der Waals surface area contributed by atoms with Gasteiger partial charge in [0.05, 0.1) is 0 Å². The van der Waals surface area contributed by atoms with E-state index in [1.165, 1.54) is 68.4 Å². The van der Waals surface area contributed by atoms with Gasteiger partial charge in [0.15, 0.2) is 0 Å². The van der Waals surface area contributed by atoms with Gasteiger partial charge in [0.1, 0.15) is 0 Å². The van der Waals surface area contributed by atoms with E-state index in [1.54, 1.807) is 13.3 Å². The molecule has 0 nitrogen and oxygen atoms in total. The van der Waals surface area contributed by atoms with Crippen molar-refractivity contribution >= 4 is 30.1 Å². The topological polar surface area (TPSA) is 0 Å². The standard InChI is InChI=1S/C12H15S.3C4H9.Sn/c1-2-3-4-8-11-13-12-9-6-5-7-10-12;3*1-3-4-2;/h1-2,5-7,9-10H,3-4,8,11H2;3*1,3-4H2,2H3;. The average molecular weight is 481 g/mol. The van der Waals surface area contributed by atoms with Gasteiger partial charge in [-0.3, -0.25) is 0 Å².